The summed E-state index contributed by atoms with van der Waals surface area (Å²) in [6.07, 6.45) is 10.7. The van der Waals surface area contributed by atoms with Crippen LogP contribution in [0, 0.1) is 0 Å². The molecule has 3 atom stereocenters. The van der Waals surface area contributed by atoms with Crippen molar-refractivity contribution in [2.75, 3.05) is 0 Å². The number of aromatic nitrogens is 10. The van der Waals surface area contributed by atoms with Gasteiger partial charge in [0.25, 0.3) is 11.9 Å². The monoisotopic (exact) mass is 1030 g/mol. The van der Waals surface area contributed by atoms with Gasteiger partial charge in [0.1, 0.15) is 0 Å². The van der Waals surface area contributed by atoms with Crippen LogP contribution in [-0.2, 0) is 28.6 Å². The van der Waals surface area contributed by atoms with Crippen molar-refractivity contribution >= 4 is 68.1 Å². The van der Waals surface area contributed by atoms with Gasteiger partial charge in [-0.2, -0.15) is 46.6 Å². The molecule has 19 heteroatoms. The fourth-order valence-electron chi connectivity index (χ4n) is 7.23. The quantitative estimate of drug-likeness (QED) is 0.0776. The number of hydrogen-bond donors (Lipinski definition) is 3. The Hall–Kier alpha value is -5.25. The van der Waals surface area contributed by atoms with Crippen LogP contribution in [0.5, 0.6) is 0 Å². The maximum Gasteiger partial charge on any atom is 0.251 e. The lowest BCUT2D eigenvalue weighted by molar-refractivity contribution is 0.271. The molecule has 0 saturated heterocycles. The molecule has 71 heavy (non-hydrogen) atoms. The highest BCUT2D eigenvalue weighted by Gasteiger charge is 2.37. The van der Waals surface area contributed by atoms with E-state index in [1.54, 1.807) is 34.0 Å². The van der Waals surface area contributed by atoms with E-state index in [1.807, 2.05) is 93.7 Å². The van der Waals surface area contributed by atoms with E-state index < -0.39 is 19.3 Å². The SMILES string of the molecule is CCC[C@H](N)c1cccc(-c2ccc3cnn(-c4nccc(CO)n4)c3c2)n1.CCC[C@H](N[S@](=O)C(C)(C)C)c1cccc(-c2ccc3cnn(-c4nccc(CO[Si](C)(C)C(C)(C)C)n4)c3c2)n1.S.S. The Morgan fingerprint density at radius 3 is 1.72 bits per heavy atom. The van der Waals surface area contributed by atoms with Crippen molar-refractivity contribution in [3.8, 4) is 34.4 Å². The minimum Gasteiger partial charge on any atom is -0.411 e. The van der Waals surface area contributed by atoms with Crippen LogP contribution in [0.2, 0.25) is 18.1 Å². The molecular weight excluding hydrogens is 965 g/mol. The minimum absolute atomic E-state index is 0. The molecule has 0 fully saturated rings. The molecule has 8 rings (SSSR count). The molecule has 6 aromatic heterocycles. The highest BCUT2D eigenvalue weighted by atomic mass is 32.2. The minimum atomic E-state index is -1.91. The molecule has 0 amide bonds. The topological polar surface area (TPSA) is 198 Å². The van der Waals surface area contributed by atoms with Gasteiger partial charge in [-0.15, -0.1) is 0 Å². The number of aliphatic hydroxyl groups excluding tert-OH is 1. The van der Waals surface area contributed by atoms with Crippen molar-refractivity contribution < 1.29 is 13.7 Å². The van der Waals surface area contributed by atoms with Gasteiger partial charge in [-0.05, 0) is 100 Å². The molecule has 15 nitrogen and oxygen atoms in total. The molecule has 0 spiro atoms. The van der Waals surface area contributed by atoms with Crippen LogP contribution >= 0.6 is 27.0 Å². The number of fused-ring (bicyclic) bond motifs is 2. The highest BCUT2D eigenvalue weighted by molar-refractivity contribution is 7.84. The van der Waals surface area contributed by atoms with Crippen LogP contribution in [0.3, 0.4) is 0 Å². The van der Waals surface area contributed by atoms with Crippen molar-refractivity contribution in [2.24, 2.45) is 5.73 Å². The molecule has 0 aliphatic carbocycles. The number of benzene rings is 2. The predicted octanol–water partition coefficient (Wildman–Crippen LogP) is 10.7. The molecule has 4 N–H and O–H groups in total. The summed E-state index contributed by atoms with van der Waals surface area (Å²) in [5.74, 6) is 0.928. The van der Waals surface area contributed by atoms with Crippen molar-refractivity contribution in [1.82, 2.24) is 54.2 Å². The fraction of sp³-hybridized carbons (Fsp3) is 0.385. The summed E-state index contributed by atoms with van der Waals surface area (Å²) in [4.78, 5) is 27.7. The summed E-state index contributed by atoms with van der Waals surface area (Å²) in [5.41, 5.74) is 14.8. The molecule has 8 aromatic rings. The van der Waals surface area contributed by atoms with Gasteiger partial charge in [0.05, 0.1) is 92.6 Å². The summed E-state index contributed by atoms with van der Waals surface area (Å²) >= 11 is 0. The number of hydrogen-bond acceptors (Lipinski definition) is 12. The number of nitrogens with one attached hydrogen (secondary N) is 1. The first kappa shape index (κ1) is 56.7. The normalized spacial score (nSPS) is 13.2. The smallest absolute Gasteiger partial charge is 0.251 e. The molecule has 2 aromatic carbocycles. The number of nitrogens with two attached hydrogens (primary N) is 1. The molecule has 0 bridgehead atoms. The van der Waals surface area contributed by atoms with Crippen LogP contribution < -0.4 is 10.5 Å². The highest BCUT2D eigenvalue weighted by Crippen LogP contribution is 2.37. The summed E-state index contributed by atoms with van der Waals surface area (Å²) in [6, 6.07) is 27.6. The Morgan fingerprint density at radius 2 is 1.21 bits per heavy atom. The van der Waals surface area contributed by atoms with Gasteiger partial charge in [-0.3, -0.25) is 9.97 Å². The van der Waals surface area contributed by atoms with E-state index in [0.29, 0.717) is 24.2 Å². The van der Waals surface area contributed by atoms with E-state index in [9.17, 15) is 9.32 Å². The third kappa shape index (κ3) is 13.8. The Bertz CT molecular complexity index is 3040. The maximum atomic E-state index is 12.9. The standard InChI is InChI=1S/C31H44N6O2SSi.C21H22N6O.2H2S/c1-10-12-27(36-40(38)30(2,3)4)26-14-11-13-25(35-26)22-15-16-23-20-33-37(28(23)19-22)29-32-18-17-24(34-29)21-39-41(8,9)31(5,6)7;1-2-4-17(22)19-6-3-5-18(26-19)14-7-8-15-12-24-27(20(15)11-14)21-23-10-9-16(13-28)25-21;;/h11,13-20,27,36H,10,12,21H2,1-9H3;3,5-12,17,28H,2,4,13,22H2,1H3;2*1H2/t27-,40+;17-;;/m00../s1. The first-order chi connectivity index (χ1) is 32.9. The Kier molecular flexibility index (Phi) is 19.5. The van der Waals surface area contributed by atoms with Crippen LogP contribution in [0.4, 0.5) is 0 Å². The third-order valence-corrected chi connectivity index (χ3v) is 18.4. The van der Waals surface area contributed by atoms with E-state index >= 15 is 0 Å². The van der Waals surface area contributed by atoms with Crippen LogP contribution in [0.1, 0.15) is 116 Å². The van der Waals surface area contributed by atoms with Crippen molar-refractivity contribution in [2.45, 2.75) is 129 Å². The summed E-state index contributed by atoms with van der Waals surface area (Å²) in [5, 5.41) is 20.4. The number of nitrogens with zero attached hydrogens (tertiary/aromatic N) is 10. The largest absolute Gasteiger partial charge is 0.411 e. The van der Waals surface area contributed by atoms with Crippen molar-refractivity contribution in [1.29, 1.82) is 0 Å². The van der Waals surface area contributed by atoms with E-state index in [2.05, 4.69) is 89.7 Å². The van der Waals surface area contributed by atoms with E-state index in [4.69, 9.17) is 25.1 Å². The first-order valence-electron chi connectivity index (χ1n) is 23.6. The van der Waals surface area contributed by atoms with E-state index in [1.165, 1.54) is 0 Å². The van der Waals surface area contributed by atoms with Gasteiger partial charge in [-0.1, -0.05) is 83.9 Å². The molecular formula is C52H70N12O3S3Si. The lowest BCUT2D eigenvalue weighted by Gasteiger charge is -2.36. The average Bonchev–Trinajstić information content (AvgIpc) is 3.97. The Morgan fingerprint density at radius 1 is 0.704 bits per heavy atom. The summed E-state index contributed by atoms with van der Waals surface area (Å²) in [7, 11) is -3.10. The second-order valence-corrected chi connectivity index (χ2v) is 26.5. The zero-order valence-electron chi connectivity index (χ0n) is 42.5. The number of pyridine rings is 2. The van der Waals surface area contributed by atoms with Crippen molar-refractivity contribution in [3.63, 3.8) is 0 Å². The second kappa shape index (κ2) is 24.4. The van der Waals surface area contributed by atoms with E-state index in [-0.39, 0.29) is 55.5 Å². The molecule has 0 aliphatic heterocycles. The predicted molar refractivity (Wildman–Crippen MR) is 299 cm³/mol. The van der Waals surface area contributed by atoms with Crippen LogP contribution in [0.25, 0.3) is 56.2 Å². The fourth-order valence-corrected chi connectivity index (χ4v) is 9.02. The molecule has 0 unspecified atom stereocenters. The average molecular weight is 1040 g/mol. The lowest BCUT2D eigenvalue weighted by Crippen LogP contribution is -2.40. The maximum absolute atomic E-state index is 12.9. The van der Waals surface area contributed by atoms with Gasteiger partial charge >= 0.3 is 0 Å². The van der Waals surface area contributed by atoms with Gasteiger partial charge in [0, 0.05) is 40.3 Å². The molecule has 0 saturated carbocycles. The molecule has 0 radical (unpaired) electrons. The molecule has 6 heterocycles. The van der Waals surface area contributed by atoms with Crippen molar-refractivity contribution in [3.05, 3.63) is 132 Å². The second-order valence-electron chi connectivity index (χ2n) is 19.7. The van der Waals surface area contributed by atoms with Gasteiger partial charge < -0.3 is 15.3 Å². The molecule has 378 valence electrons. The third-order valence-electron chi connectivity index (χ3n) is 12.3. The summed E-state index contributed by atoms with van der Waals surface area (Å²) < 4.78 is 25.7. The van der Waals surface area contributed by atoms with E-state index in [0.717, 1.165) is 87.1 Å². The Labute approximate surface area is 435 Å². The number of aliphatic hydroxyl groups is 1. The molecule has 0 aliphatic rings. The van der Waals surface area contributed by atoms with Gasteiger partial charge in [-0.25, -0.2) is 28.9 Å². The lowest BCUT2D eigenvalue weighted by atomic mass is 10.1. The summed E-state index contributed by atoms with van der Waals surface area (Å²) in [6.45, 7) is 21.6. The van der Waals surface area contributed by atoms with Crippen LogP contribution in [0.15, 0.2) is 110 Å². The zero-order chi connectivity index (χ0) is 49.5. The first-order valence-corrected chi connectivity index (χ1v) is 27.7. The van der Waals surface area contributed by atoms with Gasteiger partial charge in [0.2, 0.25) is 0 Å². The zero-order valence-corrected chi connectivity index (χ0v) is 46.3. The Balaban J connectivity index is 0.000000273. The number of rotatable bonds is 16. The van der Waals surface area contributed by atoms with Crippen LogP contribution in [-0.4, -0.2) is 71.8 Å². The van der Waals surface area contributed by atoms with Gasteiger partial charge in [0.15, 0.2) is 8.32 Å².